The van der Waals surface area contributed by atoms with Crippen LogP contribution in [0.15, 0.2) is 54.6 Å². The van der Waals surface area contributed by atoms with E-state index in [1.165, 1.54) is 5.56 Å². The van der Waals surface area contributed by atoms with E-state index in [1.807, 2.05) is 42.5 Å². The number of aryl methyl sites for hydroxylation is 1. The lowest BCUT2D eigenvalue weighted by atomic mass is 10.1. The van der Waals surface area contributed by atoms with E-state index in [4.69, 9.17) is 4.74 Å². The average Bonchev–Trinajstić information content (AvgIpc) is 2.69. The van der Waals surface area contributed by atoms with Crippen LogP contribution in [-0.2, 0) is 22.2 Å². The lowest BCUT2D eigenvalue weighted by Gasteiger charge is -2.34. The van der Waals surface area contributed by atoms with Gasteiger partial charge in [0.25, 0.3) is 0 Å². The van der Waals surface area contributed by atoms with E-state index in [2.05, 4.69) is 17.0 Å². The van der Waals surface area contributed by atoms with Gasteiger partial charge in [0.2, 0.25) is 10.0 Å². The van der Waals surface area contributed by atoms with Crippen LogP contribution in [0, 0.1) is 0 Å². The van der Waals surface area contributed by atoms with Crippen LogP contribution in [0.1, 0.15) is 17.5 Å². The fraction of sp³-hybridized carbons (Fsp3) is 0.429. The van der Waals surface area contributed by atoms with E-state index in [9.17, 15) is 8.42 Å². The SMILES string of the molecule is COc1ccc(CCCN2CCN(S(=O)(=O)Cc3ccccc3)CC2)cc1. The molecule has 0 atom stereocenters. The van der Waals surface area contributed by atoms with Gasteiger partial charge in [-0.3, -0.25) is 0 Å². The standard InChI is InChI=1S/C21H28N2O3S/c1-26-21-11-9-19(10-12-21)8-5-13-22-14-16-23(17-15-22)27(24,25)18-20-6-3-2-4-7-20/h2-4,6-7,9-12H,5,8,13-18H2,1H3. The molecule has 0 amide bonds. The maximum atomic E-state index is 12.6. The Bertz CT molecular complexity index is 799. The van der Waals surface area contributed by atoms with Gasteiger partial charge in [0.15, 0.2) is 0 Å². The minimum absolute atomic E-state index is 0.0886. The Balaban J connectivity index is 1.41. The molecule has 1 saturated heterocycles. The minimum atomic E-state index is -3.24. The van der Waals surface area contributed by atoms with Crippen LogP contribution < -0.4 is 4.74 Å². The summed E-state index contributed by atoms with van der Waals surface area (Å²) >= 11 is 0. The van der Waals surface area contributed by atoms with E-state index in [0.717, 1.165) is 43.8 Å². The number of methoxy groups -OCH3 is 1. The first-order valence-electron chi connectivity index (χ1n) is 9.44. The zero-order valence-electron chi connectivity index (χ0n) is 15.9. The third-order valence-electron chi connectivity index (χ3n) is 5.02. The minimum Gasteiger partial charge on any atom is -0.497 e. The van der Waals surface area contributed by atoms with Crippen LogP contribution in [0.4, 0.5) is 0 Å². The summed E-state index contributed by atoms with van der Waals surface area (Å²) in [7, 11) is -1.56. The van der Waals surface area contributed by atoms with E-state index in [-0.39, 0.29) is 5.75 Å². The summed E-state index contributed by atoms with van der Waals surface area (Å²) in [4.78, 5) is 2.36. The van der Waals surface area contributed by atoms with Crippen LogP contribution in [-0.4, -0.2) is 57.5 Å². The molecular formula is C21H28N2O3S. The van der Waals surface area contributed by atoms with Gasteiger partial charge in [0.1, 0.15) is 5.75 Å². The summed E-state index contributed by atoms with van der Waals surface area (Å²) in [6.07, 6.45) is 2.10. The van der Waals surface area contributed by atoms with Crippen molar-refractivity contribution in [3.8, 4) is 5.75 Å². The lowest BCUT2D eigenvalue weighted by Crippen LogP contribution is -2.49. The first-order valence-corrected chi connectivity index (χ1v) is 11.0. The van der Waals surface area contributed by atoms with Gasteiger partial charge in [-0.25, -0.2) is 8.42 Å². The Morgan fingerprint density at radius 2 is 1.56 bits per heavy atom. The van der Waals surface area contributed by atoms with Gasteiger partial charge in [0.05, 0.1) is 12.9 Å². The topological polar surface area (TPSA) is 49.9 Å². The van der Waals surface area contributed by atoms with E-state index < -0.39 is 10.0 Å². The summed E-state index contributed by atoms with van der Waals surface area (Å²) in [5.41, 5.74) is 2.15. The number of hydrogen-bond donors (Lipinski definition) is 0. The molecule has 0 spiro atoms. The quantitative estimate of drug-likeness (QED) is 0.698. The van der Waals surface area contributed by atoms with Crippen molar-refractivity contribution >= 4 is 10.0 Å². The van der Waals surface area contributed by atoms with Crippen molar-refractivity contribution in [3.05, 3.63) is 65.7 Å². The summed E-state index contributed by atoms with van der Waals surface area (Å²) in [6.45, 7) is 3.77. The van der Waals surface area contributed by atoms with Gasteiger partial charge in [0, 0.05) is 26.2 Å². The third kappa shape index (κ3) is 5.79. The number of nitrogens with zero attached hydrogens (tertiary/aromatic N) is 2. The predicted molar refractivity (Wildman–Crippen MR) is 108 cm³/mol. The van der Waals surface area contributed by atoms with Crippen molar-refractivity contribution < 1.29 is 13.2 Å². The Morgan fingerprint density at radius 3 is 2.19 bits per heavy atom. The number of rotatable bonds is 8. The Morgan fingerprint density at radius 1 is 0.889 bits per heavy atom. The molecular weight excluding hydrogens is 360 g/mol. The molecule has 1 aliphatic heterocycles. The summed E-state index contributed by atoms with van der Waals surface area (Å²) < 4.78 is 32.0. The second-order valence-electron chi connectivity index (χ2n) is 6.93. The largest absolute Gasteiger partial charge is 0.497 e. The second kappa shape index (κ2) is 9.35. The fourth-order valence-corrected chi connectivity index (χ4v) is 4.92. The Labute approximate surface area is 162 Å². The maximum absolute atomic E-state index is 12.6. The molecule has 1 aliphatic rings. The molecule has 2 aromatic rings. The number of sulfonamides is 1. The molecule has 2 aromatic carbocycles. The molecule has 1 heterocycles. The fourth-order valence-electron chi connectivity index (χ4n) is 3.41. The van der Waals surface area contributed by atoms with Crippen LogP contribution in [0.25, 0.3) is 0 Å². The van der Waals surface area contributed by atoms with Crippen molar-refractivity contribution in [1.29, 1.82) is 0 Å². The highest BCUT2D eigenvalue weighted by atomic mass is 32.2. The smallest absolute Gasteiger partial charge is 0.218 e. The van der Waals surface area contributed by atoms with Gasteiger partial charge in [-0.1, -0.05) is 42.5 Å². The first kappa shape index (κ1) is 19.9. The molecule has 5 nitrogen and oxygen atoms in total. The molecule has 0 bridgehead atoms. The zero-order valence-corrected chi connectivity index (χ0v) is 16.7. The number of benzene rings is 2. The highest BCUT2D eigenvalue weighted by Crippen LogP contribution is 2.15. The molecule has 6 heteroatoms. The van der Waals surface area contributed by atoms with Crippen molar-refractivity contribution in [2.45, 2.75) is 18.6 Å². The summed E-state index contributed by atoms with van der Waals surface area (Å²) in [5.74, 6) is 0.970. The number of hydrogen-bond acceptors (Lipinski definition) is 4. The first-order chi connectivity index (χ1) is 13.1. The molecule has 0 saturated carbocycles. The van der Waals surface area contributed by atoms with Crippen molar-refractivity contribution in [3.63, 3.8) is 0 Å². The molecule has 27 heavy (non-hydrogen) atoms. The molecule has 0 aromatic heterocycles. The lowest BCUT2D eigenvalue weighted by molar-refractivity contribution is 0.186. The molecule has 1 fully saturated rings. The Kier molecular flexibility index (Phi) is 6.88. The van der Waals surface area contributed by atoms with Gasteiger partial charge in [-0.2, -0.15) is 4.31 Å². The summed E-state index contributed by atoms with van der Waals surface area (Å²) in [6, 6.07) is 17.6. The number of piperazine rings is 1. The van der Waals surface area contributed by atoms with E-state index in [0.29, 0.717) is 13.1 Å². The third-order valence-corrected chi connectivity index (χ3v) is 6.87. The molecule has 0 unspecified atom stereocenters. The molecule has 0 aliphatic carbocycles. The molecule has 3 rings (SSSR count). The van der Waals surface area contributed by atoms with E-state index in [1.54, 1.807) is 11.4 Å². The Hall–Kier alpha value is -1.89. The average molecular weight is 389 g/mol. The van der Waals surface area contributed by atoms with Gasteiger partial charge in [-0.15, -0.1) is 0 Å². The van der Waals surface area contributed by atoms with Crippen LogP contribution in [0.3, 0.4) is 0 Å². The second-order valence-corrected chi connectivity index (χ2v) is 8.90. The van der Waals surface area contributed by atoms with Crippen molar-refractivity contribution in [2.24, 2.45) is 0 Å². The molecule has 146 valence electrons. The normalized spacial score (nSPS) is 16.3. The van der Waals surface area contributed by atoms with Crippen LogP contribution in [0.5, 0.6) is 5.75 Å². The van der Waals surface area contributed by atoms with Gasteiger partial charge in [-0.05, 0) is 42.6 Å². The maximum Gasteiger partial charge on any atom is 0.218 e. The van der Waals surface area contributed by atoms with E-state index >= 15 is 0 Å². The highest BCUT2D eigenvalue weighted by molar-refractivity contribution is 7.88. The molecule has 0 N–H and O–H groups in total. The van der Waals surface area contributed by atoms with Crippen molar-refractivity contribution in [1.82, 2.24) is 9.21 Å². The molecule has 0 radical (unpaired) electrons. The highest BCUT2D eigenvalue weighted by Gasteiger charge is 2.26. The zero-order chi connectivity index (χ0) is 19.1. The van der Waals surface area contributed by atoms with Crippen LogP contribution >= 0.6 is 0 Å². The van der Waals surface area contributed by atoms with Crippen LogP contribution in [0.2, 0.25) is 0 Å². The van der Waals surface area contributed by atoms with Crippen molar-refractivity contribution in [2.75, 3.05) is 39.8 Å². The predicted octanol–water partition coefficient (Wildman–Crippen LogP) is 2.78. The van der Waals surface area contributed by atoms with Gasteiger partial charge < -0.3 is 9.64 Å². The monoisotopic (exact) mass is 388 g/mol. The van der Waals surface area contributed by atoms with Gasteiger partial charge >= 0.3 is 0 Å². The number of ether oxygens (including phenoxy) is 1. The summed E-state index contributed by atoms with van der Waals surface area (Å²) in [5, 5.41) is 0.